The second-order valence-corrected chi connectivity index (χ2v) is 9.65. The van der Waals surface area contributed by atoms with E-state index in [4.69, 9.17) is 4.74 Å². The summed E-state index contributed by atoms with van der Waals surface area (Å²) < 4.78 is 6.43. The van der Waals surface area contributed by atoms with E-state index in [0.717, 1.165) is 24.9 Å². The smallest absolute Gasteiger partial charge is 0.258 e. The van der Waals surface area contributed by atoms with Gasteiger partial charge in [-0.2, -0.15) is 0 Å². The number of nitrogens with one attached hydrogen (secondary N) is 1. The molecule has 34 heavy (non-hydrogen) atoms. The van der Waals surface area contributed by atoms with Crippen LogP contribution >= 0.6 is 0 Å². The molecule has 2 aromatic rings. The molecule has 0 spiro atoms. The van der Waals surface area contributed by atoms with Crippen LogP contribution in [-0.2, 0) is 11.3 Å². The van der Waals surface area contributed by atoms with Crippen molar-refractivity contribution in [3.8, 4) is 5.75 Å². The summed E-state index contributed by atoms with van der Waals surface area (Å²) in [5.41, 5.74) is 2.16. The second-order valence-electron chi connectivity index (χ2n) is 9.65. The number of benzene rings is 1. The number of likely N-dealkylation sites (N-methyl/N-ethyl adjacent to an activating group) is 1. The summed E-state index contributed by atoms with van der Waals surface area (Å²) in [5, 5.41) is 12.7. The zero-order valence-electron chi connectivity index (χ0n) is 20.1. The van der Waals surface area contributed by atoms with Crippen LogP contribution in [0.25, 0.3) is 0 Å². The van der Waals surface area contributed by atoms with Gasteiger partial charge in [-0.15, -0.1) is 0 Å². The number of ether oxygens (including phenoxy) is 1. The fraction of sp³-hybridized carbons (Fsp3) is 0.500. The summed E-state index contributed by atoms with van der Waals surface area (Å²) in [5.74, 6) is 0.401. The molecule has 1 fully saturated rings. The van der Waals surface area contributed by atoms with E-state index in [1.165, 1.54) is 0 Å². The molecule has 1 aromatic heterocycles. The third kappa shape index (κ3) is 5.74. The molecule has 182 valence electrons. The topological polar surface area (TPSA) is 95.0 Å². The molecule has 1 saturated carbocycles. The van der Waals surface area contributed by atoms with Crippen LogP contribution in [0.1, 0.15) is 42.6 Å². The Morgan fingerprint density at radius 3 is 2.71 bits per heavy atom. The number of hydrogen-bond acceptors (Lipinski definition) is 6. The second kappa shape index (κ2) is 10.5. The van der Waals surface area contributed by atoms with Crippen molar-refractivity contribution < 1.29 is 19.4 Å². The predicted molar refractivity (Wildman–Crippen MR) is 130 cm³/mol. The van der Waals surface area contributed by atoms with Crippen molar-refractivity contribution >= 4 is 17.5 Å². The fourth-order valence-electron chi connectivity index (χ4n) is 4.28. The molecule has 0 saturated heterocycles. The molecule has 2 N–H and O–H groups in total. The highest BCUT2D eigenvalue weighted by Gasteiger charge is 2.34. The largest absolute Gasteiger partial charge is 0.488 e. The molecule has 2 aliphatic rings. The normalized spacial score (nSPS) is 21.3. The number of hydrogen-bond donors (Lipinski definition) is 2. The van der Waals surface area contributed by atoms with E-state index in [9.17, 15) is 14.7 Å². The first kappa shape index (κ1) is 24.2. The molecule has 8 nitrogen and oxygen atoms in total. The van der Waals surface area contributed by atoms with Crippen LogP contribution in [0.15, 0.2) is 42.7 Å². The van der Waals surface area contributed by atoms with Gasteiger partial charge in [0.1, 0.15) is 11.9 Å². The lowest BCUT2D eigenvalue weighted by atomic mass is 9.99. The van der Waals surface area contributed by atoms with Gasteiger partial charge in [0.25, 0.3) is 5.91 Å². The van der Waals surface area contributed by atoms with E-state index < -0.39 is 0 Å². The number of aromatic nitrogens is 1. The first-order valence-corrected chi connectivity index (χ1v) is 12.0. The van der Waals surface area contributed by atoms with Crippen molar-refractivity contribution in [2.45, 2.75) is 45.4 Å². The highest BCUT2D eigenvalue weighted by Crippen LogP contribution is 2.33. The van der Waals surface area contributed by atoms with Crippen molar-refractivity contribution in [1.82, 2.24) is 14.8 Å². The summed E-state index contributed by atoms with van der Waals surface area (Å²) >= 11 is 0. The first-order chi connectivity index (χ1) is 16.4. The minimum Gasteiger partial charge on any atom is -0.488 e. The molecular weight excluding hydrogens is 432 g/mol. The van der Waals surface area contributed by atoms with Crippen LogP contribution in [0.5, 0.6) is 5.75 Å². The molecule has 3 atom stereocenters. The van der Waals surface area contributed by atoms with Gasteiger partial charge in [-0.3, -0.25) is 19.5 Å². The zero-order valence-corrected chi connectivity index (χ0v) is 20.1. The molecule has 0 unspecified atom stereocenters. The van der Waals surface area contributed by atoms with Crippen LogP contribution in [0.3, 0.4) is 0 Å². The molecule has 0 bridgehead atoms. The van der Waals surface area contributed by atoms with Crippen LogP contribution in [-0.4, -0.2) is 70.6 Å². The van der Waals surface area contributed by atoms with Crippen molar-refractivity contribution in [3.05, 3.63) is 53.9 Å². The minimum atomic E-state index is -0.333. The highest BCUT2D eigenvalue weighted by molar-refractivity contribution is 6.00. The molecule has 0 radical (unpaired) electrons. The van der Waals surface area contributed by atoms with Gasteiger partial charge >= 0.3 is 0 Å². The average molecular weight is 467 g/mol. The first-order valence-electron chi connectivity index (χ1n) is 12.0. The zero-order chi connectivity index (χ0) is 24.2. The Morgan fingerprint density at radius 1 is 1.29 bits per heavy atom. The number of anilines is 1. The van der Waals surface area contributed by atoms with Gasteiger partial charge in [-0.1, -0.05) is 6.92 Å². The molecule has 4 rings (SSSR count). The number of amides is 2. The van der Waals surface area contributed by atoms with Gasteiger partial charge in [0.2, 0.25) is 5.91 Å². The number of rotatable bonds is 8. The van der Waals surface area contributed by atoms with Crippen LogP contribution in [0.4, 0.5) is 5.69 Å². The van der Waals surface area contributed by atoms with E-state index in [1.54, 1.807) is 35.5 Å². The van der Waals surface area contributed by atoms with Crippen LogP contribution in [0.2, 0.25) is 0 Å². The van der Waals surface area contributed by atoms with Gasteiger partial charge in [-0.05, 0) is 62.7 Å². The number of nitrogens with zero attached hydrogens (tertiary/aromatic N) is 3. The van der Waals surface area contributed by atoms with Crippen molar-refractivity contribution in [1.29, 1.82) is 0 Å². The third-order valence-electron chi connectivity index (χ3n) is 6.57. The number of carbonyl (C=O) groups excluding carboxylic acids is 2. The Kier molecular flexibility index (Phi) is 7.48. The standard InChI is InChI=1S/C26H34N4O4/c1-17-13-30(18(2)16-31)26(33)22-12-21(28-25(32)20-4-5-20)6-7-23(22)34-24(17)15-29(3)14-19-8-10-27-11-9-19/h6-12,17-18,20,24,31H,4-5,13-16H2,1-3H3,(H,28,32)/t17-,18+,24-/m1/s1. The lowest BCUT2D eigenvalue weighted by Crippen LogP contribution is -2.49. The van der Waals surface area contributed by atoms with E-state index in [-0.39, 0.29) is 42.4 Å². The molecule has 1 aliphatic heterocycles. The average Bonchev–Trinajstić information content (AvgIpc) is 3.67. The van der Waals surface area contributed by atoms with E-state index in [1.807, 2.05) is 26.1 Å². The number of pyridine rings is 1. The maximum absolute atomic E-state index is 13.5. The third-order valence-corrected chi connectivity index (χ3v) is 6.57. The van der Waals surface area contributed by atoms with Gasteiger partial charge in [0.05, 0.1) is 18.2 Å². The number of carbonyl (C=O) groups is 2. The SMILES string of the molecule is C[C@@H]1CN([C@@H](C)CO)C(=O)c2cc(NC(=O)C3CC3)ccc2O[C@@H]1CN(C)Cc1ccncc1. The summed E-state index contributed by atoms with van der Waals surface area (Å²) in [4.78, 5) is 33.7. The predicted octanol–water partition coefficient (Wildman–Crippen LogP) is 2.78. The Hall–Kier alpha value is -2.97. The van der Waals surface area contributed by atoms with Gasteiger partial charge in [-0.25, -0.2) is 0 Å². The van der Waals surface area contributed by atoms with E-state index in [2.05, 4.69) is 22.1 Å². The van der Waals surface area contributed by atoms with E-state index in [0.29, 0.717) is 30.1 Å². The Balaban J connectivity index is 1.58. The summed E-state index contributed by atoms with van der Waals surface area (Å²) in [6.07, 6.45) is 5.22. The molecular formula is C26H34N4O4. The monoisotopic (exact) mass is 466 g/mol. The minimum absolute atomic E-state index is 0.0102. The van der Waals surface area contributed by atoms with Crippen molar-refractivity contribution in [2.24, 2.45) is 11.8 Å². The number of aliphatic hydroxyl groups excluding tert-OH is 1. The summed E-state index contributed by atoms with van der Waals surface area (Å²) in [7, 11) is 2.05. The maximum Gasteiger partial charge on any atom is 0.258 e. The van der Waals surface area contributed by atoms with Crippen molar-refractivity contribution in [2.75, 3.05) is 32.1 Å². The lowest BCUT2D eigenvalue weighted by Gasteiger charge is -2.38. The van der Waals surface area contributed by atoms with E-state index >= 15 is 0 Å². The summed E-state index contributed by atoms with van der Waals surface area (Å²) in [6.45, 7) is 5.68. The molecule has 2 amide bonds. The van der Waals surface area contributed by atoms with Crippen LogP contribution < -0.4 is 10.1 Å². The van der Waals surface area contributed by atoms with Crippen molar-refractivity contribution in [3.63, 3.8) is 0 Å². The molecule has 1 aliphatic carbocycles. The molecule has 8 heteroatoms. The number of aliphatic hydroxyl groups is 1. The maximum atomic E-state index is 13.5. The fourth-order valence-corrected chi connectivity index (χ4v) is 4.28. The molecule has 2 heterocycles. The quantitative estimate of drug-likeness (QED) is 0.621. The number of fused-ring (bicyclic) bond motifs is 1. The van der Waals surface area contributed by atoms with Gasteiger partial charge in [0.15, 0.2) is 0 Å². The Bertz CT molecular complexity index is 1010. The summed E-state index contributed by atoms with van der Waals surface area (Å²) in [6, 6.07) is 8.91. The van der Waals surface area contributed by atoms with Crippen LogP contribution in [0, 0.1) is 11.8 Å². The Labute approximate surface area is 200 Å². The van der Waals surface area contributed by atoms with Gasteiger partial charge in [0, 0.05) is 49.6 Å². The van der Waals surface area contributed by atoms with Gasteiger partial charge < -0.3 is 20.1 Å². The molecule has 1 aromatic carbocycles. The highest BCUT2D eigenvalue weighted by atomic mass is 16.5. The lowest BCUT2D eigenvalue weighted by molar-refractivity contribution is -0.117. The Morgan fingerprint density at radius 2 is 2.03 bits per heavy atom.